The van der Waals surface area contributed by atoms with Crippen LogP contribution in [0.1, 0.15) is 49.4 Å². The van der Waals surface area contributed by atoms with Crippen LogP contribution in [0.2, 0.25) is 5.02 Å². The number of fused-ring (bicyclic) bond motifs is 1. The molecule has 0 heterocycles. The maximum absolute atomic E-state index is 15.8. The van der Waals surface area contributed by atoms with E-state index in [1.807, 2.05) is 60.7 Å². The summed E-state index contributed by atoms with van der Waals surface area (Å²) in [7, 11) is 0. The number of alkyl halides is 1. The molecule has 0 aromatic heterocycles. The van der Waals surface area contributed by atoms with Crippen LogP contribution < -0.4 is 0 Å². The van der Waals surface area contributed by atoms with E-state index >= 15 is 4.39 Å². The molecule has 0 aliphatic carbocycles. The van der Waals surface area contributed by atoms with Gasteiger partial charge in [0, 0.05) is 10.9 Å². The Morgan fingerprint density at radius 2 is 1.33 bits per heavy atom. The molecule has 0 amide bonds. The van der Waals surface area contributed by atoms with E-state index in [1.165, 1.54) is 0 Å². The van der Waals surface area contributed by atoms with Crippen LogP contribution >= 0.6 is 11.6 Å². The lowest BCUT2D eigenvalue weighted by molar-refractivity contribution is 0.274. The summed E-state index contributed by atoms with van der Waals surface area (Å²) in [4.78, 5) is 0. The molecule has 4 aromatic rings. The largest absolute Gasteiger partial charge is 0.242 e. The number of benzene rings is 4. The molecule has 2 atom stereocenters. The minimum atomic E-state index is -1.03. The molecule has 4 rings (SSSR count). The Morgan fingerprint density at radius 3 is 2.00 bits per heavy atom. The second kappa shape index (κ2) is 9.45. The van der Waals surface area contributed by atoms with Gasteiger partial charge in [-0.05, 0) is 57.6 Å². The number of unbranched alkanes of at least 4 members (excludes halogenated alkanes) is 1. The van der Waals surface area contributed by atoms with Crippen LogP contribution in [0.5, 0.6) is 0 Å². The van der Waals surface area contributed by atoms with Crippen molar-refractivity contribution in [2.75, 3.05) is 0 Å². The van der Waals surface area contributed by atoms with E-state index in [4.69, 9.17) is 11.6 Å². The second-order valence-electron chi connectivity index (χ2n) is 7.89. The molecule has 2 unspecified atom stereocenters. The number of halogens is 2. The van der Waals surface area contributed by atoms with Gasteiger partial charge in [-0.15, -0.1) is 0 Å². The monoisotopic (exact) mass is 416 g/mol. The van der Waals surface area contributed by atoms with Crippen LogP contribution in [-0.2, 0) is 0 Å². The van der Waals surface area contributed by atoms with Gasteiger partial charge < -0.3 is 0 Å². The molecule has 0 nitrogen and oxygen atoms in total. The van der Waals surface area contributed by atoms with Gasteiger partial charge in [0.15, 0.2) is 0 Å². The average molecular weight is 417 g/mol. The van der Waals surface area contributed by atoms with Crippen molar-refractivity contribution >= 4 is 22.4 Å². The van der Waals surface area contributed by atoms with E-state index < -0.39 is 6.17 Å². The molecule has 30 heavy (non-hydrogen) atoms. The first kappa shape index (κ1) is 20.6. The van der Waals surface area contributed by atoms with Crippen molar-refractivity contribution in [3.8, 4) is 11.1 Å². The van der Waals surface area contributed by atoms with Crippen molar-refractivity contribution < 1.29 is 4.39 Å². The lowest BCUT2D eigenvalue weighted by Gasteiger charge is -2.23. The molecular formula is C28H26ClF. The van der Waals surface area contributed by atoms with E-state index in [0.29, 0.717) is 0 Å². The Kier molecular flexibility index (Phi) is 6.50. The number of rotatable bonds is 7. The van der Waals surface area contributed by atoms with Gasteiger partial charge in [0.2, 0.25) is 0 Å². The molecule has 4 aromatic carbocycles. The molecule has 0 radical (unpaired) electrons. The van der Waals surface area contributed by atoms with Crippen LogP contribution in [0.25, 0.3) is 21.9 Å². The Balaban J connectivity index is 1.63. The molecule has 0 bridgehead atoms. The molecule has 0 saturated carbocycles. The third-order valence-electron chi connectivity index (χ3n) is 5.83. The summed E-state index contributed by atoms with van der Waals surface area (Å²) in [5.74, 6) is -0.148. The summed E-state index contributed by atoms with van der Waals surface area (Å²) in [6.45, 7) is 2.16. The topological polar surface area (TPSA) is 0 Å². The normalized spacial score (nSPS) is 13.3. The van der Waals surface area contributed by atoms with E-state index in [9.17, 15) is 0 Å². The van der Waals surface area contributed by atoms with Gasteiger partial charge in [0.25, 0.3) is 0 Å². The third kappa shape index (κ3) is 4.57. The lowest BCUT2D eigenvalue weighted by Crippen LogP contribution is -2.08. The van der Waals surface area contributed by atoms with E-state index in [1.54, 1.807) is 0 Å². The van der Waals surface area contributed by atoms with Gasteiger partial charge in [-0.1, -0.05) is 104 Å². The number of hydrogen-bond acceptors (Lipinski definition) is 0. The fourth-order valence-electron chi connectivity index (χ4n) is 4.08. The van der Waals surface area contributed by atoms with Crippen molar-refractivity contribution in [1.82, 2.24) is 0 Å². The quantitative estimate of drug-likeness (QED) is 0.281. The van der Waals surface area contributed by atoms with Crippen LogP contribution in [0.4, 0.5) is 4.39 Å². The first-order valence-electron chi connectivity index (χ1n) is 10.6. The standard InChI is InChI=1S/C28H26ClF/c1-2-3-8-27(28(30)25-14-11-20-6-4-5-7-24(20)19-25)23-12-9-21(10-13-23)22-15-17-26(29)18-16-22/h4-7,9-19,27-28H,2-3,8H2,1H3. The highest BCUT2D eigenvalue weighted by molar-refractivity contribution is 6.30. The van der Waals surface area contributed by atoms with Gasteiger partial charge in [0.05, 0.1) is 0 Å². The molecular weight excluding hydrogens is 391 g/mol. The fourth-order valence-corrected chi connectivity index (χ4v) is 4.21. The first-order valence-corrected chi connectivity index (χ1v) is 11.0. The maximum atomic E-state index is 15.8. The highest BCUT2D eigenvalue weighted by Gasteiger charge is 2.24. The minimum absolute atomic E-state index is 0.148. The van der Waals surface area contributed by atoms with Crippen molar-refractivity contribution in [1.29, 1.82) is 0 Å². The molecule has 0 aliphatic rings. The number of hydrogen-bond donors (Lipinski definition) is 0. The summed E-state index contributed by atoms with van der Waals surface area (Å²) < 4.78 is 15.8. The highest BCUT2D eigenvalue weighted by atomic mass is 35.5. The zero-order valence-electron chi connectivity index (χ0n) is 17.2. The van der Waals surface area contributed by atoms with E-state index in [0.717, 1.165) is 57.3 Å². The summed E-state index contributed by atoms with van der Waals surface area (Å²) in [5, 5.41) is 2.96. The predicted octanol–water partition coefficient (Wildman–Crippen LogP) is 9.14. The van der Waals surface area contributed by atoms with Crippen molar-refractivity contribution in [3.63, 3.8) is 0 Å². The van der Waals surface area contributed by atoms with Gasteiger partial charge in [-0.3, -0.25) is 0 Å². The van der Waals surface area contributed by atoms with E-state index in [2.05, 4.69) is 37.3 Å². The second-order valence-corrected chi connectivity index (χ2v) is 8.32. The molecule has 0 N–H and O–H groups in total. The molecule has 0 aliphatic heterocycles. The maximum Gasteiger partial charge on any atom is 0.132 e. The third-order valence-corrected chi connectivity index (χ3v) is 6.08. The summed E-state index contributed by atoms with van der Waals surface area (Å²) in [6, 6.07) is 30.3. The van der Waals surface area contributed by atoms with Crippen LogP contribution in [0.15, 0.2) is 91.0 Å². The SMILES string of the molecule is CCCCC(c1ccc(-c2ccc(Cl)cc2)cc1)C(F)c1ccc2ccccc2c1. The molecule has 0 fully saturated rings. The van der Waals surface area contributed by atoms with Crippen LogP contribution in [0, 0.1) is 0 Å². The molecule has 152 valence electrons. The van der Waals surface area contributed by atoms with Gasteiger partial charge in [-0.25, -0.2) is 4.39 Å². The summed E-state index contributed by atoms with van der Waals surface area (Å²) in [6.07, 6.45) is 1.88. The van der Waals surface area contributed by atoms with Gasteiger partial charge in [-0.2, -0.15) is 0 Å². The van der Waals surface area contributed by atoms with Crippen molar-refractivity contribution in [2.24, 2.45) is 0 Å². The van der Waals surface area contributed by atoms with Crippen molar-refractivity contribution in [3.05, 3.63) is 107 Å². The van der Waals surface area contributed by atoms with Gasteiger partial charge in [0.1, 0.15) is 6.17 Å². The predicted molar refractivity (Wildman–Crippen MR) is 127 cm³/mol. The molecule has 0 spiro atoms. The highest BCUT2D eigenvalue weighted by Crippen LogP contribution is 2.39. The Bertz CT molecular complexity index is 1100. The molecule has 2 heteroatoms. The Morgan fingerprint density at radius 1 is 0.733 bits per heavy atom. The zero-order chi connectivity index (χ0) is 20.9. The Hall–Kier alpha value is -2.64. The van der Waals surface area contributed by atoms with Crippen molar-refractivity contribution in [2.45, 2.75) is 38.3 Å². The molecule has 0 saturated heterocycles. The van der Waals surface area contributed by atoms with E-state index in [-0.39, 0.29) is 5.92 Å². The Labute approximate surface area is 183 Å². The smallest absolute Gasteiger partial charge is 0.132 e. The van der Waals surface area contributed by atoms with Gasteiger partial charge >= 0.3 is 0 Å². The zero-order valence-corrected chi connectivity index (χ0v) is 17.9. The lowest BCUT2D eigenvalue weighted by atomic mass is 9.85. The summed E-state index contributed by atoms with van der Waals surface area (Å²) in [5.41, 5.74) is 4.05. The minimum Gasteiger partial charge on any atom is -0.242 e. The first-order chi connectivity index (χ1) is 14.7. The van der Waals surface area contributed by atoms with Crippen LogP contribution in [-0.4, -0.2) is 0 Å². The summed E-state index contributed by atoms with van der Waals surface area (Å²) >= 11 is 6.00. The van der Waals surface area contributed by atoms with Crippen LogP contribution in [0.3, 0.4) is 0 Å². The average Bonchev–Trinajstić information content (AvgIpc) is 2.80. The fraction of sp³-hybridized carbons (Fsp3) is 0.214.